The SMILES string of the molecule is CC(N)C1CCCCN1S(=O)(=O)C(C)(C)C. The maximum atomic E-state index is 12.4. The molecule has 0 saturated carbocycles. The largest absolute Gasteiger partial charge is 0.326 e. The molecule has 96 valence electrons. The zero-order chi connectivity index (χ0) is 12.6. The fourth-order valence-electron chi connectivity index (χ4n) is 2.11. The molecule has 0 bridgehead atoms. The molecule has 0 aromatic heterocycles. The number of nitrogens with two attached hydrogens (primary N) is 1. The van der Waals surface area contributed by atoms with E-state index in [1.54, 1.807) is 25.1 Å². The van der Waals surface area contributed by atoms with Gasteiger partial charge in [-0.2, -0.15) is 4.31 Å². The summed E-state index contributed by atoms with van der Waals surface area (Å²) in [7, 11) is -3.24. The van der Waals surface area contributed by atoms with Gasteiger partial charge in [0.2, 0.25) is 10.0 Å². The third-order valence-corrected chi connectivity index (χ3v) is 5.81. The number of piperidine rings is 1. The molecule has 1 fully saturated rings. The maximum absolute atomic E-state index is 12.4. The van der Waals surface area contributed by atoms with Gasteiger partial charge in [0.15, 0.2) is 0 Å². The van der Waals surface area contributed by atoms with Crippen molar-refractivity contribution in [2.45, 2.75) is 63.8 Å². The highest BCUT2D eigenvalue weighted by Crippen LogP contribution is 2.28. The molecule has 0 radical (unpaired) electrons. The van der Waals surface area contributed by atoms with Gasteiger partial charge in [0.25, 0.3) is 0 Å². The zero-order valence-electron chi connectivity index (χ0n) is 10.7. The topological polar surface area (TPSA) is 63.4 Å². The van der Waals surface area contributed by atoms with E-state index in [0.29, 0.717) is 6.54 Å². The van der Waals surface area contributed by atoms with Crippen LogP contribution in [0, 0.1) is 0 Å². The van der Waals surface area contributed by atoms with E-state index >= 15 is 0 Å². The summed E-state index contributed by atoms with van der Waals surface area (Å²) >= 11 is 0. The Morgan fingerprint density at radius 1 is 1.31 bits per heavy atom. The van der Waals surface area contributed by atoms with Crippen molar-refractivity contribution in [3.8, 4) is 0 Å². The summed E-state index contributed by atoms with van der Waals surface area (Å²) in [5, 5.41) is 0. The Bertz CT molecular complexity index is 330. The molecule has 0 aromatic carbocycles. The molecule has 1 rings (SSSR count). The summed E-state index contributed by atoms with van der Waals surface area (Å²) in [6.45, 7) is 7.74. The van der Waals surface area contributed by atoms with Crippen molar-refractivity contribution in [3.63, 3.8) is 0 Å². The highest BCUT2D eigenvalue weighted by molar-refractivity contribution is 7.90. The Kier molecular flexibility index (Phi) is 4.03. The quantitative estimate of drug-likeness (QED) is 0.801. The van der Waals surface area contributed by atoms with Crippen molar-refractivity contribution in [1.82, 2.24) is 4.31 Å². The molecular weight excluding hydrogens is 224 g/mol. The predicted molar refractivity (Wildman–Crippen MR) is 66.7 cm³/mol. The Morgan fingerprint density at radius 3 is 2.31 bits per heavy atom. The maximum Gasteiger partial charge on any atom is 0.219 e. The van der Waals surface area contributed by atoms with Crippen molar-refractivity contribution in [3.05, 3.63) is 0 Å². The molecule has 1 aliphatic rings. The monoisotopic (exact) mass is 248 g/mol. The molecule has 1 aliphatic heterocycles. The number of rotatable bonds is 2. The lowest BCUT2D eigenvalue weighted by molar-refractivity contribution is 0.222. The van der Waals surface area contributed by atoms with Gasteiger partial charge in [-0.25, -0.2) is 8.42 Å². The molecule has 0 spiro atoms. The van der Waals surface area contributed by atoms with Crippen molar-refractivity contribution in [2.24, 2.45) is 5.73 Å². The van der Waals surface area contributed by atoms with Crippen LogP contribution in [0.3, 0.4) is 0 Å². The average molecular weight is 248 g/mol. The highest BCUT2D eigenvalue weighted by atomic mass is 32.2. The Balaban J connectivity index is 3.01. The van der Waals surface area contributed by atoms with Crippen LogP contribution < -0.4 is 5.73 Å². The molecule has 0 amide bonds. The summed E-state index contributed by atoms with van der Waals surface area (Å²) in [5.74, 6) is 0. The van der Waals surface area contributed by atoms with Gasteiger partial charge in [0.1, 0.15) is 0 Å². The van der Waals surface area contributed by atoms with Crippen LogP contribution in [-0.2, 0) is 10.0 Å². The molecule has 5 heteroatoms. The lowest BCUT2D eigenvalue weighted by Gasteiger charge is -2.40. The zero-order valence-corrected chi connectivity index (χ0v) is 11.5. The summed E-state index contributed by atoms with van der Waals surface area (Å²) in [4.78, 5) is 0. The first-order valence-electron chi connectivity index (χ1n) is 5.95. The molecule has 0 aromatic rings. The Morgan fingerprint density at radius 2 is 1.88 bits per heavy atom. The van der Waals surface area contributed by atoms with Gasteiger partial charge in [0.05, 0.1) is 4.75 Å². The van der Waals surface area contributed by atoms with Crippen LogP contribution in [0.1, 0.15) is 47.0 Å². The van der Waals surface area contributed by atoms with Crippen LogP contribution in [0.2, 0.25) is 0 Å². The van der Waals surface area contributed by atoms with E-state index in [1.807, 2.05) is 6.92 Å². The van der Waals surface area contributed by atoms with Gasteiger partial charge < -0.3 is 5.73 Å². The van der Waals surface area contributed by atoms with Crippen LogP contribution in [0.4, 0.5) is 0 Å². The van der Waals surface area contributed by atoms with Crippen molar-refractivity contribution in [1.29, 1.82) is 0 Å². The predicted octanol–water partition coefficient (Wildman–Crippen LogP) is 1.32. The summed E-state index contributed by atoms with van der Waals surface area (Å²) in [5.41, 5.74) is 5.89. The van der Waals surface area contributed by atoms with Crippen LogP contribution in [0.15, 0.2) is 0 Å². The Labute approximate surface area is 99.2 Å². The molecule has 2 N–H and O–H groups in total. The van der Waals surface area contributed by atoms with E-state index in [-0.39, 0.29) is 12.1 Å². The summed E-state index contributed by atoms with van der Waals surface area (Å²) in [6, 6.07) is -0.129. The van der Waals surface area contributed by atoms with Crippen LogP contribution in [-0.4, -0.2) is 36.1 Å². The first kappa shape index (κ1) is 13.9. The molecule has 16 heavy (non-hydrogen) atoms. The Hall–Kier alpha value is -0.130. The van der Waals surface area contributed by atoms with Gasteiger partial charge in [-0.05, 0) is 40.5 Å². The molecule has 1 saturated heterocycles. The van der Waals surface area contributed by atoms with E-state index in [9.17, 15) is 8.42 Å². The van der Waals surface area contributed by atoms with Crippen molar-refractivity contribution >= 4 is 10.0 Å². The second kappa shape index (κ2) is 4.63. The fourth-order valence-corrected chi connectivity index (χ4v) is 3.83. The molecule has 1 heterocycles. The van der Waals surface area contributed by atoms with E-state index < -0.39 is 14.8 Å². The third kappa shape index (κ3) is 2.57. The minimum atomic E-state index is -3.24. The summed E-state index contributed by atoms with van der Waals surface area (Å²) in [6.07, 6.45) is 2.90. The first-order valence-corrected chi connectivity index (χ1v) is 7.39. The molecule has 2 unspecified atom stereocenters. The van der Waals surface area contributed by atoms with Gasteiger partial charge in [-0.3, -0.25) is 0 Å². The standard InChI is InChI=1S/C11H24N2O2S/c1-9(12)10-7-5-6-8-13(10)16(14,15)11(2,3)4/h9-10H,5-8,12H2,1-4H3. The normalized spacial score (nSPS) is 26.7. The minimum Gasteiger partial charge on any atom is -0.326 e. The number of hydrogen-bond acceptors (Lipinski definition) is 3. The van der Waals surface area contributed by atoms with Crippen molar-refractivity contribution < 1.29 is 8.42 Å². The second-order valence-corrected chi connectivity index (χ2v) is 8.29. The second-order valence-electron chi connectivity index (χ2n) is 5.65. The lowest BCUT2D eigenvalue weighted by Crippen LogP contribution is -2.55. The minimum absolute atomic E-state index is 0.0297. The number of nitrogens with zero attached hydrogens (tertiary/aromatic N) is 1. The molecule has 2 atom stereocenters. The number of hydrogen-bond donors (Lipinski definition) is 1. The van der Waals surface area contributed by atoms with Crippen LogP contribution >= 0.6 is 0 Å². The van der Waals surface area contributed by atoms with Gasteiger partial charge in [0, 0.05) is 18.6 Å². The molecule has 0 aliphatic carbocycles. The van der Waals surface area contributed by atoms with E-state index in [4.69, 9.17) is 5.73 Å². The fraction of sp³-hybridized carbons (Fsp3) is 1.00. The smallest absolute Gasteiger partial charge is 0.219 e. The first-order chi connectivity index (χ1) is 7.18. The van der Waals surface area contributed by atoms with Crippen LogP contribution in [0.25, 0.3) is 0 Å². The van der Waals surface area contributed by atoms with Gasteiger partial charge in [-0.15, -0.1) is 0 Å². The van der Waals surface area contributed by atoms with Gasteiger partial charge >= 0.3 is 0 Å². The van der Waals surface area contributed by atoms with E-state index in [0.717, 1.165) is 19.3 Å². The highest BCUT2D eigenvalue weighted by Gasteiger charge is 2.41. The molecular formula is C11H24N2O2S. The van der Waals surface area contributed by atoms with Gasteiger partial charge in [-0.1, -0.05) is 6.42 Å². The average Bonchev–Trinajstić information content (AvgIpc) is 2.16. The summed E-state index contributed by atoms with van der Waals surface area (Å²) < 4.78 is 25.7. The molecule has 4 nitrogen and oxygen atoms in total. The van der Waals surface area contributed by atoms with E-state index in [1.165, 1.54) is 0 Å². The van der Waals surface area contributed by atoms with Crippen molar-refractivity contribution in [2.75, 3.05) is 6.54 Å². The third-order valence-electron chi connectivity index (χ3n) is 3.19. The lowest BCUT2D eigenvalue weighted by atomic mass is 10.00. The van der Waals surface area contributed by atoms with E-state index in [2.05, 4.69) is 0 Å². The number of sulfonamides is 1. The van der Waals surface area contributed by atoms with Crippen LogP contribution in [0.5, 0.6) is 0 Å².